The van der Waals surface area contributed by atoms with Crippen LogP contribution in [0.4, 0.5) is 4.79 Å². The summed E-state index contributed by atoms with van der Waals surface area (Å²) in [5.41, 5.74) is 4.51. The Balaban J connectivity index is 1.42. The maximum atomic E-state index is 14.0. The molecule has 11 heteroatoms. The molecule has 0 fully saturated rings. The first kappa shape index (κ1) is 31.6. The van der Waals surface area contributed by atoms with E-state index >= 15 is 0 Å². The van der Waals surface area contributed by atoms with Crippen molar-refractivity contribution in [3.63, 3.8) is 0 Å². The van der Waals surface area contributed by atoms with Crippen molar-refractivity contribution in [2.45, 2.75) is 39.0 Å². The summed E-state index contributed by atoms with van der Waals surface area (Å²) in [7, 11) is 5.02. The van der Waals surface area contributed by atoms with E-state index in [-0.39, 0.29) is 19.0 Å². The van der Waals surface area contributed by atoms with Gasteiger partial charge in [-0.05, 0) is 62.2 Å². The van der Waals surface area contributed by atoms with E-state index in [0.717, 1.165) is 42.9 Å². The first-order valence-corrected chi connectivity index (χ1v) is 15.9. The van der Waals surface area contributed by atoms with Crippen molar-refractivity contribution in [2.24, 2.45) is 7.05 Å². The number of nitrogens with zero attached hydrogens (tertiary/aromatic N) is 4. The Morgan fingerprint density at radius 3 is 2.57 bits per heavy atom. The Morgan fingerprint density at radius 2 is 1.85 bits per heavy atom. The van der Waals surface area contributed by atoms with Crippen molar-refractivity contribution >= 4 is 33.4 Å². The molecule has 2 amide bonds. The van der Waals surface area contributed by atoms with Gasteiger partial charge in [0.05, 0.1) is 49.1 Å². The van der Waals surface area contributed by atoms with E-state index in [0.29, 0.717) is 22.6 Å². The van der Waals surface area contributed by atoms with Gasteiger partial charge in [-0.1, -0.05) is 24.3 Å². The maximum Gasteiger partial charge on any atom is 0.407 e. The number of carbonyl (C=O) groups is 2. The van der Waals surface area contributed by atoms with Gasteiger partial charge in [0.25, 0.3) is 5.91 Å². The second kappa shape index (κ2) is 12.5. The van der Waals surface area contributed by atoms with Crippen LogP contribution in [-0.4, -0.2) is 53.0 Å². The highest BCUT2D eigenvalue weighted by Gasteiger charge is 2.38. The number of nitrogens with one attached hydrogen (secondary N) is 1. The van der Waals surface area contributed by atoms with Crippen molar-refractivity contribution in [3.8, 4) is 39.3 Å². The van der Waals surface area contributed by atoms with Gasteiger partial charge in [0.1, 0.15) is 23.2 Å². The van der Waals surface area contributed by atoms with Crippen molar-refractivity contribution in [2.75, 3.05) is 20.8 Å². The van der Waals surface area contributed by atoms with Gasteiger partial charge in [-0.15, -0.1) is 11.3 Å². The van der Waals surface area contributed by atoms with Gasteiger partial charge in [0.15, 0.2) is 0 Å². The molecule has 240 valence electrons. The highest BCUT2D eigenvalue weighted by Crippen LogP contribution is 2.44. The standard InChI is InChI=1S/C36H35N5O5S/c1-36(2,3)46-35(43)38-19-29-26-15-21(12-14-25(26)34(42)41(29)20-22-11-13-23(44-5)16-30(22)45-6)28-18-39-40(4)32(28)33-27(17-37)24-9-7-8-10-31(24)47-33/h7-16,18,29H,19-20H2,1-6H3,(H,38,43). The minimum absolute atomic E-state index is 0.129. The predicted octanol–water partition coefficient (Wildman–Crippen LogP) is 7.08. The summed E-state index contributed by atoms with van der Waals surface area (Å²) in [6.07, 6.45) is 1.22. The number of ether oxygens (including phenoxy) is 3. The summed E-state index contributed by atoms with van der Waals surface area (Å²) >= 11 is 1.55. The number of hydrogen-bond acceptors (Lipinski definition) is 8. The minimum Gasteiger partial charge on any atom is -0.497 e. The van der Waals surface area contributed by atoms with E-state index < -0.39 is 17.7 Å². The quantitative estimate of drug-likeness (QED) is 0.191. The van der Waals surface area contributed by atoms with Crippen LogP contribution in [0.3, 0.4) is 0 Å². The zero-order valence-corrected chi connectivity index (χ0v) is 27.9. The Kier molecular flexibility index (Phi) is 8.38. The zero-order valence-electron chi connectivity index (χ0n) is 27.1. The van der Waals surface area contributed by atoms with Crippen LogP contribution >= 0.6 is 11.3 Å². The number of hydrogen-bond donors (Lipinski definition) is 1. The summed E-state index contributed by atoms with van der Waals surface area (Å²) in [5.74, 6) is 1.06. The van der Waals surface area contributed by atoms with Crippen molar-refractivity contribution in [1.82, 2.24) is 20.0 Å². The third-order valence-electron chi connectivity index (χ3n) is 8.12. The maximum absolute atomic E-state index is 14.0. The summed E-state index contributed by atoms with van der Waals surface area (Å²) in [6, 6.07) is 21.0. The Hall–Kier alpha value is -5.34. The fourth-order valence-corrected chi connectivity index (χ4v) is 7.21. The van der Waals surface area contributed by atoms with Gasteiger partial charge < -0.3 is 24.4 Å². The van der Waals surface area contributed by atoms with Crippen LogP contribution in [0.2, 0.25) is 0 Å². The molecule has 0 radical (unpaired) electrons. The molecule has 3 heterocycles. The van der Waals surface area contributed by atoms with Gasteiger partial charge in [-0.2, -0.15) is 10.4 Å². The molecule has 10 nitrogen and oxygen atoms in total. The molecular weight excluding hydrogens is 614 g/mol. The van der Waals surface area contributed by atoms with Crippen molar-refractivity contribution in [1.29, 1.82) is 5.26 Å². The lowest BCUT2D eigenvalue weighted by Gasteiger charge is -2.27. The summed E-state index contributed by atoms with van der Waals surface area (Å²) in [5, 5.41) is 18.5. The van der Waals surface area contributed by atoms with Crippen LogP contribution in [-0.2, 0) is 18.3 Å². The fourth-order valence-electron chi connectivity index (χ4n) is 5.97. The average Bonchev–Trinajstić information content (AvgIpc) is 3.69. The van der Waals surface area contributed by atoms with Gasteiger partial charge in [-0.3, -0.25) is 9.48 Å². The molecule has 5 aromatic rings. The molecule has 1 aliphatic rings. The van der Waals surface area contributed by atoms with E-state index in [1.165, 1.54) is 0 Å². The van der Waals surface area contributed by atoms with E-state index in [9.17, 15) is 14.9 Å². The molecule has 0 bridgehead atoms. The van der Waals surface area contributed by atoms with Gasteiger partial charge in [0, 0.05) is 46.4 Å². The van der Waals surface area contributed by atoms with Gasteiger partial charge in [-0.25, -0.2) is 4.79 Å². The third-order valence-corrected chi connectivity index (χ3v) is 9.30. The zero-order chi connectivity index (χ0) is 33.5. The topological polar surface area (TPSA) is 119 Å². The van der Waals surface area contributed by atoms with Crippen LogP contribution in [0, 0.1) is 11.3 Å². The number of amides is 2. The molecule has 0 spiro atoms. The molecule has 1 N–H and O–H groups in total. The van der Waals surface area contributed by atoms with Crippen LogP contribution in [0.1, 0.15) is 53.9 Å². The monoisotopic (exact) mass is 649 g/mol. The lowest BCUT2D eigenvalue weighted by Crippen LogP contribution is -2.39. The minimum atomic E-state index is -0.678. The first-order valence-electron chi connectivity index (χ1n) is 15.1. The van der Waals surface area contributed by atoms with Gasteiger partial charge in [0.2, 0.25) is 0 Å². The normalized spacial score (nSPS) is 14.2. The van der Waals surface area contributed by atoms with Crippen molar-refractivity contribution < 1.29 is 23.8 Å². The number of aromatic nitrogens is 2. The third kappa shape index (κ3) is 6.00. The predicted molar refractivity (Wildman–Crippen MR) is 181 cm³/mol. The number of aryl methyl sites for hydroxylation is 1. The lowest BCUT2D eigenvalue weighted by atomic mass is 9.96. The number of rotatable bonds is 8. The highest BCUT2D eigenvalue weighted by molar-refractivity contribution is 7.22. The largest absolute Gasteiger partial charge is 0.497 e. The molecular formula is C36H35N5O5S. The fraction of sp³-hybridized carbons (Fsp3) is 0.278. The number of fused-ring (bicyclic) bond motifs is 2. The van der Waals surface area contributed by atoms with E-state index in [1.54, 1.807) is 68.2 Å². The summed E-state index contributed by atoms with van der Waals surface area (Å²) in [6.45, 7) is 5.77. The summed E-state index contributed by atoms with van der Waals surface area (Å²) in [4.78, 5) is 29.3. The second-order valence-corrected chi connectivity index (χ2v) is 13.3. The molecule has 0 saturated carbocycles. The molecule has 47 heavy (non-hydrogen) atoms. The Bertz CT molecular complexity index is 2050. The second-order valence-electron chi connectivity index (χ2n) is 12.3. The van der Waals surface area contributed by atoms with Crippen LogP contribution < -0.4 is 14.8 Å². The molecule has 1 atom stereocenters. The Morgan fingerprint density at radius 1 is 1.06 bits per heavy atom. The van der Waals surface area contributed by atoms with E-state index in [2.05, 4.69) is 16.5 Å². The number of carbonyl (C=O) groups excluding carboxylic acids is 2. The molecule has 6 rings (SSSR count). The number of nitriles is 1. The Labute approximate surface area is 277 Å². The van der Waals surface area contributed by atoms with Crippen LogP contribution in [0.25, 0.3) is 31.8 Å². The van der Waals surface area contributed by atoms with Gasteiger partial charge >= 0.3 is 6.09 Å². The number of methoxy groups -OCH3 is 2. The van der Waals surface area contributed by atoms with Crippen LogP contribution in [0.5, 0.6) is 11.5 Å². The molecule has 0 aliphatic carbocycles. The molecule has 3 aromatic carbocycles. The molecule has 0 saturated heterocycles. The highest BCUT2D eigenvalue weighted by atomic mass is 32.1. The first-order chi connectivity index (χ1) is 22.5. The summed E-state index contributed by atoms with van der Waals surface area (Å²) < 4.78 is 19.3. The lowest BCUT2D eigenvalue weighted by molar-refractivity contribution is 0.0493. The van der Waals surface area contributed by atoms with E-state index in [4.69, 9.17) is 14.2 Å². The smallest absolute Gasteiger partial charge is 0.407 e. The SMILES string of the molecule is COc1ccc(CN2C(=O)c3ccc(-c4cnn(C)c4-c4sc5ccccc5c4C#N)cc3C2CNC(=O)OC(C)(C)C)c(OC)c1. The van der Waals surface area contributed by atoms with E-state index in [1.807, 2.05) is 61.6 Å². The van der Waals surface area contributed by atoms with Crippen molar-refractivity contribution in [3.05, 3.63) is 89.1 Å². The number of alkyl carbamates (subject to hydrolysis) is 1. The average molecular weight is 650 g/mol. The van der Waals surface area contributed by atoms with Crippen LogP contribution in [0.15, 0.2) is 66.9 Å². The molecule has 1 unspecified atom stereocenters. The molecule has 1 aliphatic heterocycles. The number of benzene rings is 3. The molecule has 2 aromatic heterocycles. The number of thiophene rings is 1.